The fourth-order valence-electron chi connectivity index (χ4n) is 2.42. The summed E-state index contributed by atoms with van der Waals surface area (Å²) in [6, 6.07) is 18.7. The molecule has 2 aromatic carbocycles. The first-order chi connectivity index (χ1) is 12.5. The first kappa shape index (κ1) is 20.1. The van der Waals surface area contributed by atoms with Gasteiger partial charge < -0.3 is 4.74 Å². The second kappa shape index (κ2) is 10.1. The van der Waals surface area contributed by atoms with Crippen LogP contribution in [0, 0.1) is 0 Å². The molecule has 0 radical (unpaired) electrons. The topological polar surface area (TPSA) is 75.7 Å². The summed E-state index contributed by atoms with van der Waals surface area (Å²) in [5, 5.41) is 0. The van der Waals surface area contributed by atoms with E-state index in [4.69, 9.17) is 4.74 Å². The van der Waals surface area contributed by atoms with Gasteiger partial charge >= 0.3 is 5.97 Å². The number of hydrogen-bond acceptors (Lipinski definition) is 4. The molecule has 0 saturated carbocycles. The number of esters is 1. The lowest BCUT2D eigenvalue weighted by atomic mass is 10.2. The molecule has 0 aliphatic carbocycles. The van der Waals surface area contributed by atoms with Crippen molar-refractivity contribution in [3.63, 3.8) is 0 Å². The van der Waals surface area contributed by atoms with Crippen molar-refractivity contribution >= 4 is 16.2 Å². The highest BCUT2D eigenvalue weighted by Gasteiger charge is 2.25. The van der Waals surface area contributed by atoms with Gasteiger partial charge in [0.1, 0.15) is 6.54 Å². The summed E-state index contributed by atoms with van der Waals surface area (Å²) in [7, 11) is -3.82. The second-order valence-electron chi connectivity index (χ2n) is 5.69. The Kier molecular flexibility index (Phi) is 7.77. The largest absolute Gasteiger partial charge is 0.465 e. The molecule has 0 aliphatic heterocycles. The predicted octanol–water partition coefficient (Wildman–Crippen LogP) is 2.13. The van der Waals surface area contributed by atoms with Crippen LogP contribution in [0.1, 0.15) is 18.1 Å². The number of nitrogens with zero attached hydrogens (tertiary/aromatic N) is 1. The predicted molar refractivity (Wildman–Crippen MR) is 101 cm³/mol. The summed E-state index contributed by atoms with van der Waals surface area (Å²) in [6.45, 7) is 1.91. The number of hydrogen-bond donors (Lipinski definition) is 1. The summed E-state index contributed by atoms with van der Waals surface area (Å²) < 4.78 is 33.9. The molecular formula is C19H24N2O4S. The van der Waals surface area contributed by atoms with Crippen LogP contribution in [0.4, 0.5) is 0 Å². The Morgan fingerprint density at radius 1 is 1.00 bits per heavy atom. The normalized spacial score (nSPS) is 11.5. The molecule has 0 amide bonds. The summed E-state index contributed by atoms with van der Waals surface area (Å²) in [5.74, 6) is -0.572. The van der Waals surface area contributed by atoms with Crippen LogP contribution < -0.4 is 4.72 Å². The summed E-state index contributed by atoms with van der Waals surface area (Å²) >= 11 is 0. The van der Waals surface area contributed by atoms with Gasteiger partial charge in [0.25, 0.3) is 10.2 Å². The number of rotatable bonds is 10. The van der Waals surface area contributed by atoms with Crippen molar-refractivity contribution in [1.29, 1.82) is 0 Å². The van der Waals surface area contributed by atoms with E-state index in [0.29, 0.717) is 6.42 Å². The molecule has 0 atom stereocenters. The minimum absolute atomic E-state index is 0.0975. The van der Waals surface area contributed by atoms with E-state index in [1.165, 1.54) is 0 Å². The highest BCUT2D eigenvalue weighted by atomic mass is 32.2. The molecule has 0 saturated heterocycles. The van der Waals surface area contributed by atoms with Crippen molar-refractivity contribution in [2.75, 3.05) is 19.7 Å². The summed E-state index contributed by atoms with van der Waals surface area (Å²) in [5.41, 5.74) is 1.83. The maximum Gasteiger partial charge on any atom is 0.321 e. The van der Waals surface area contributed by atoms with Crippen LogP contribution in [0.2, 0.25) is 0 Å². The Balaban J connectivity index is 2.04. The van der Waals surface area contributed by atoms with Crippen LogP contribution in [0.5, 0.6) is 0 Å². The highest BCUT2D eigenvalue weighted by Crippen LogP contribution is 2.09. The molecule has 140 valence electrons. The number of ether oxygens (including phenoxy) is 1. The molecule has 0 spiro atoms. The van der Waals surface area contributed by atoms with Gasteiger partial charge in [0.2, 0.25) is 0 Å². The van der Waals surface area contributed by atoms with Crippen LogP contribution in [-0.4, -0.2) is 38.4 Å². The van der Waals surface area contributed by atoms with E-state index in [-0.39, 0.29) is 26.2 Å². The van der Waals surface area contributed by atoms with Crippen molar-refractivity contribution in [1.82, 2.24) is 9.03 Å². The van der Waals surface area contributed by atoms with Crippen molar-refractivity contribution < 1.29 is 17.9 Å². The van der Waals surface area contributed by atoms with Crippen LogP contribution >= 0.6 is 0 Å². The lowest BCUT2D eigenvalue weighted by Gasteiger charge is -2.21. The highest BCUT2D eigenvalue weighted by molar-refractivity contribution is 7.87. The molecule has 0 aliphatic rings. The van der Waals surface area contributed by atoms with E-state index in [0.717, 1.165) is 15.4 Å². The van der Waals surface area contributed by atoms with E-state index < -0.39 is 16.2 Å². The lowest BCUT2D eigenvalue weighted by Crippen LogP contribution is -2.44. The van der Waals surface area contributed by atoms with Gasteiger partial charge in [-0.15, -0.1) is 0 Å². The molecule has 0 bridgehead atoms. The maximum absolute atomic E-state index is 12.7. The minimum Gasteiger partial charge on any atom is -0.465 e. The molecule has 2 aromatic rings. The average molecular weight is 376 g/mol. The molecule has 0 fully saturated rings. The standard InChI is InChI=1S/C19H24N2O4S/c1-2-25-19(22)16-21(15-18-11-7-4-8-12-18)26(23,24)20-14-13-17-9-5-3-6-10-17/h3-12,20H,2,13-16H2,1H3. The zero-order valence-corrected chi connectivity index (χ0v) is 15.6. The first-order valence-corrected chi connectivity index (χ1v) is 9.93. The number of nitrogens with one attached hydrogen (secondary N) is 1. The SMILES string of the molecule is CCOC(=O)CN(Cc1ccccc1)S(=O)(=O)NCCc1ccccc1. The van der Waals surface area contributed by atoms with Gasteiger partial charge in [-0.25, -0.2) is 4.72 Å². The zero-order chi connectivity index (χ0) is 18.8. The van der Waals surface area contributed by atoms with Crippen LogP contribution in [0.3, 0.4) is 0 Å². The minimum atomic E-state index is -3.82. The quantitative estimate of drug-likeness (QED) is 0.645. The van der Waals surface area contributed by atoms with E-state index in [9.17, 15) is 13.2 Å². The van der Waals surface area contributed by atoms with Gasteiger partial charge in [-0.05, 0) is 24.5 Å². The van der Waals surface area contributed by atoms with E-state index in [2.05, 4.69) is 4.72 Å². The van der Waals surface area contributed by atoms with Crippen molar-refractivity contribution in [3.8, 4) is 0 Å². The molecule has 0 aromatic heterocycles. The Bertz CT molecular complexity index is 780. The van der Waals surface area contributed by atoms with Crippen molar-refractivity contribution in [2.45, 2.75) is 19.9 Å². The zero-order valence-electron chi connectivity index (χ0n) is 14.8. The number of benzene rings is 2. The van der Waals surface area contributed by atoms with Gasteiger partial charge in [-0.1, -0.05) is 60.7 Å². The van der Waals surface area contributed by atoms with E-state index >= 15 is 0 Å². The van der Waals surface area contributed by atoms with Crippen molar-refractivity contribution in [3.05, 3.63) is 71.8 Å². The van der Waals surface area contributed by atoms with Gasteiger partial charge in [-0.2, -0.15) is 12.7 Å². The van der Waals surface area contributed by atoms with Gasteiger partial charge in [0.15, 0.2) is 0 Å². The monoisotopic (exact) mass is 376 g/mol. The average Bonchev–Trinajstić information content (AvgIpc) is 2.63. The molecule has 1 N–H and O–H groups in total. The fourth-order valence-corrected chi connectivity index (χ4v) is 3.56. The second-order valence-corrected chi connectivity index (χ2v) is 7.45. The van der Waals surface area contributed by atoms with Crippen LogP contribution in [0.25, 0.3) is 0 Å². The molecule has 2 rings (SSSR count). The maximum atomic E-state index is 12.7. The third-order valence-corrected chi connectivity index (χ3v) is 5.20. The van der Waals surface area contributed by atoms with Gasteiger partial charge in [-0.3, -0.25) is 4.79 Å². The third kappa shape index (κ3) is 6.59. The van der Waals surface area contributed by atoms with Crippen LogP contribution in [0.15, 0.2) is 60.7 Å². The van der Waals surface area contributed by atoms with E-state index in [1.54, 1.807) is 6.92 Å². The van der Waals surface area contributed by atoms with E-state index in [1.807, 2.05) is 60.7 Å². The number of carbonyl (C=O) groups is 1. The van der Waals surface area contributed by atoms with Crippen LogP contribution in [-0.2, 0) is 32.7 Å². The molecular weight excluding hydrogens is 352 g/mol. The molecule has 0 unspecified atom stereocenters. The Morgan fingerprint density at radius 3 is 2.15 bits per heavy atom. The Morgan fingerprint density at radius 2 is 1.58 bits per heavy atom. The van der Waals surface area contributed by atoms with Gasteiger partial charge in [0.05, 0.1) is 6.61 Å². The molecule has 6 nitrogen and oxygen atoms in total. The summed E-state index contributed by atoms with van der Waals surface area (Å²) in [6.07, 6.45) is 0.568. The summed E-state index contributed by atoms with van der Waals surface area (Å²) in [4.78, 5) is 11.8. The molecule has 26 heavy (non-hydrogen) atoms. The first-order valence-electron chi connectivity index (χ1n) is 8.49. The smallest absolute Gasteiger partial charge is 0.321 e. The van der Waals surface area contributed by atoms with Gasteiger partial charge in [0, 0.05) is 13.1 Å². The van der Waals surface area contributed by atoms with Crippen molar-refractivity contribution in [2.24, 2.45) is 0 Å². The molecule has 0 heterocycles. The Labute approximate surface area is 155 Å². The lowest BCUT2D eigenvalue weighted by molar-refractivity contribution is -0.143. The fraction of sp³-hybridized carbons (Fsp3) is 0.316. The number of carbonyl (C=O) groups excluding carboxylic acids is 1. The molecule has 7 heteroatoms. The third-order valence-electron chi connectivity index (χ3n) is 3.69. The Hall–Kier alpha value is -2.22.